The highest BCUT2D eigenvalue weighted by molar-refractivity contribution is 5.64. The number of hydrogen-bond donors (Lipinski definition) is 0. The number of rotatable bonds is 5. The molecule has 0 atom stereocenters. The van der Waals surface area contributed by atoms with Crippen molar-refractivity contribution in [2.24, 2.45) is 0 Å². The van der Waals surface area contributed by atoms with E-state index in [0.717, 1.165) is 44.8 Å². The fourth-order valence-electron chi connectivity index (χ4n) is 2.93. The third-order valence-corrected chi connectivity index (χ3v) is 4.34. The van der Waals surface area contributed by atoms with Gasteiger partial charge in [-0.2, -0.15) is 5.26 Å². The molecule has 0 bridgehead atoms. The zero-order chi connectivity index (χ0) is 15.9. The highest BCUT2D eigenvalue weighted by atomic mass is 16.5. The summed E-state index contributed by atoms with van der Waals surface area (Å²) < 4.78 is 5.37. The van der Waals surface area contributed by atoms with Crippen molar-refractivity contribution >= 4 is 0 Å². The average molecular weight is 306 g/mol. The zero-order valence-corrected chi connectivity index (χ0v) is 13.4. The van der Waals surface area contributed by atoms with Crippen LogP contribution < -0.4 is 0 Å². The fourth-order valence-corrected chi connectivity index (χ4v) is 2.93. The highest BCUT2D eigenvalue weighted by Crippen LogP contribution is 2.20. The van der Waals surface area contributed by atoms with Gasteiger partial charge >= 0.3 is 0 Å². The molecule has 1 saturated heterocycles. The fraction of sp³-hybridized carbons (Fsp3) is 0.350. The number of nitrogens with zero attached hydrogens (tertiary/aromatic N) is 2. The van der Waals surface area contributed by atoms with E-state index in [1.807, 2.05) is 24.3 Å². The number of aryl methyl sites for hydroxylation is 1. The van der Waals surface area contributed by atoms with E-state index in [-0.39, 0.29) is 0 Å². The molecule has 0 amide bonds. The predicted octanol–water partition coefficient (Wildman–Crippen LogP) is 3.49. The molecule has 0 spiro atoms. The van der Waals surface area contributed by atoms with E-state index in [1.165, 1.54) is 17.5 Å². The molecule has 0 radical (unpaired) electrons. The maximum Gasteiger partial charge on any atom is 0.0991 e. The summed E-state index contributed by atoms with van der Waals surface area (Å²) >= 11 is 0. The number of benzene rings is 2. The number of hydrogen-bond acceptors (Lipinski definition) is 3. The van der Waals surface area contributed by atoms with Crippen LogP contribution in [0.4, 0.5) is 0 Å². The molecule has 2 aromatic carbocycles. The first-order chi connectivity index (χ1) is 11.3. The lowest BCUT2D eigenvalue weighted by molar-refractivity contribution is 0.0375. The molecule has 0 saturated carbocycles. The lowest BCUT2D eigenvalue weighted by Crippen LogP contribution is -2.36. The summed E-state index contributed by atoms with van der Waals surface area (Å²) in [5.41, 5.74) is 4.44. The van der Waals surface area contributed by atoms with E-state index in [9.17, 15) is 0 Å². The van der Waals surface area contributed by atoms with Crippen molar-refractivity contribution in [1.82, 2.24) is 4.90 Å². The first-order valence-electron chi connectivity index (χ1n) is 8.25. The van der Waals surface area contributed by atoms with Crippen LogP contribution in [0.2, 0.25) is 0 Å². The summed E-state index contributed by atoms with van der Waals surface area (Å²) in [5, 5.41) is 8.85. The molecule has 3 rings (SSSR count). The Morgan fingerprint density at radius 2 is 1.52 bits per heavy atom. The lowest BCUT2D eigenvalue weighted by Gasteiger charge is -2.26. The molecular formula is C20H22N2O. The van der Waals surface area contributed by atoms with Crippen LogP contribution >= 0.6 is 0 Å². The predicted molar refractivity (Wildman–Crippen MR) is 92.2 cm³/mol. The molecule has 23 heavy (non-hydrogen) atoms. The van der Waals surface area contributed by atoms with Gasteiger partial charge < -0.3 is 4.74 Å². The van der Waals surface area contributed by atoms with E-state index in [1.54, 1.807) is 0 Å². The molecule has 3 heteroatoms. The van der Waals surface area contributed by atoms with Crippen molar-refractivity contribution in [3.05, 3.63) is 59.7 Å². The van der Waals surface area contributed by atoms with E-state index in [4.69, 9.17) is 10.00 Å². The van der Waals surface area contributed by atoms with Crippen molar-refractivity contribution in [3.8, 4) is 17.2 Å². The number of morpholine rings is 1. The van der Waals surface area contributed by atoms with Gasteiger partial charge in [-0.05, 0) is 48.2 Å². The molecule has 3 nitrogen and oxygen atoms in total. The third kappa shape index (κ3) is 4.41. The summed E-state index contributed by atoms with van der Waals surface area (Å²) in [6.07, 6.45) is 2.31. The Labute approximate surface area is 138 Å². The lowest BCUT2D eigenvalue weighted by atomic mass is 10.0. The highest BCUT2D eigenvalue weighted by Gasteiger charge is 2.09. The van der Waals surface area contributed by atoms with Gasteiger partial charge in [0.25, 0.3) is 0 Å². The second-order valence-electron chi connectivity index (χ2n) is 5.94. The quantitative estimate of drug-likeness (QED) is 0.848. The van der Waals surface area contributed by atoms with Crippen molar-refractivity contribution in [1.29, 1.82) is 5.26 Å². The van der Waals surface area contributed by atoms with Gasteiger partial charge in [-0.15, -0.1) is 0 Å². The van der Waals surface area contributed by atoms with E-state index in [0.29, 0.717) is 5.56 Å². The second kappa shape index (κ2) is 7.92. The molecule has 2 aromatic rings. The topological polar surface area (TPSA) is 36.3 Å². The van der Waals surface area contributed by atoms with Crippen LogP contribution in [0.1, 0.15) is 17.5 Å². The van der Waals surface area contributed by atoms with E-state index in [2.05, 4.69) is 35.2 Å². The number of nitriles is 1. The van der Waals surface area contributed by atoms with Crippen molar-refractivity contribution < 1.29 is 4.74 Å². The number of ether oxygens (including phenoxy) is 1. The summed E-state index contributed by atoms with van der Waals surface area (Å²) in [6.45, 7) is 5.04. The molecule has 1 fully saturated rings. The minimum absolute atomic E-state index is 0.702. The zero-order valence-electron chi connectivity index (χ0n) is 13.4. The molecule has 0 unspecified atom stereocenters. The van der Waals surface area contributed by atoms with Crippen LogP contribution in [-0.4, -0.2) is 37.7 Å². The monoisotopic (exact) mass is 306 g/mol. The van der Waals surface area contributed by atoms with Gasteiger partial charge in [0, 0.05) is 13.1 Å². The summed E-state index contributed by atoms with van der Waals surface area (Å²) in [7, 11) is 0. The largest absolute Gasteiger partial charge is 0.379 e. The van der Waals surface area contributed by atoms with Gasteiger partial charge in [-0.1, -0.05) is 36.4 Å². The molecule has 1 aliphatic rings. The summed E-state index contributed by atoms with van der Waals surface area (Å²) in [5.74, 6) is 0. The Kier molecular flexibility index (Phi) is 5.42. The minimum atomic E-state index is 0.702. The summed E-state index contributed by atoms with van der Waals surface area (Å²) in [6, 6.07) is 18.7. The van der Waals surface area contributed by atoms with E-state index >= 15 is 0 Å². The first-order valence-corrected chi connectivity index (χ1v) is 8.25. The van der Waals surface area contributed by atoms with Crippen LogP contribution in [0.25, 0.3) is 11.1 Å². The van der Waals surface area contributed by atoms with Crippen LogP contribution in [0.5, 0.6) is 0 Å². The molecule has 1 heterocycles. The second-order valence-corrected chi connectivity index (χ2v) is 5.94. The molecule has 0 aliphatic carbocycles. The molecule has 0 N–H and O–H groups in total. The Hall–Kier alpha value is -2.15. The van der Waals surface area contributed by atoms with Crippen LogP contribution in [0.15, 0.2) is 48.5 Å². The molecule has 118 valence electrons. The Morgan fingerprint density at radius 1 is 0.913 bits per heavy atom. The standard InChI is InChI=1S/C20H22N2O/c21-16-18-5-9-20(10-6-18)19-7-3-17(4-8-19)2-1-11-22-12-14-23-15-13-22/h3-10H,1-2,11-15H2. The van der Waals surface area contributed by atoms with Gasteiger partial charge in [0.1, 0.15) is 0 Å². The van der Waals surface area contributed by atoms with Gasteiger partial charge in [0.05, 0.1) is 24.8 Å². The smallest absolute Gasteiger partial charge is 0.0991 e. The van der Waals surface area contributed by atoms with Gasteiger partial charge in [0.2, 0.25) is 0 Å². The molecule has 0 aromatic heterocycles. The maximum atomic E-state index is 8.85. The molecular weight excluding hydrogens is 284 g/mol. The van der Waals surface area contributed by atoms with Crippen molar-refractivity contribution in [2.75, 3.05) is 32.8 Å². The Bertz CT molecular complexity index is 650. The summed E-state index contributed by atoms with van der Waals surface area (Å²) in [4.78, 5) is 2.48. The van der Waals surface area contributed by atoms with Crippen molar-refractivity contribution in [3.63, 3.8) is 0 Å². The Morgan fingerprint density at radius 3 is 2.13 bits per heavy atom. The third-order valence-electron chi connectivity index (χ3n) is 4.34. The molecule has 1 aliphatic heterocycles. The SMILES string of the molecule is N#Cc1ccc(-c2ccc(CCCN3CCOCC3)cc2)cc1. The van der Waals surface area contributed by atoms with Gasteiger partial charge in [-0.3, -0.25) is 4.90 Å². The normalized spacial score (nSPS) is 15.3. The van der Waals surface area contributed by atoms with Crippen molar-refractivity contribution in [2.45, 2.75) is 12.8 Å². The van der Waals surface area contributed by atoms with Crippen LogP contribution in [-0.2, 0) is 11.2 Å². The minimum Gasteiger partial charge on any atom is -0.379 e. The first kappa shape index (κ1) is 15.7. The van der Waals surface area contributed by atoms with Crippen LogP contribution in [0.3, 0.4) is 0 Å². The van der Waals surface area contributed by atoms with Crippen LogP contribution in [0, 0.1) is 11.3 Å². The van der Waals surface area contributed by atoms with Gasteiger partial charge in [-0.25, -0.2) is 0 Å². The Balaban J connectivity index is 1.53. The average Bonchev–Trinajstić information content (AvgIpc) is 2.63. The maximum absolute atomic E-state index is 8.85. The van der Waals surface area contributed by atoms with Gasteiger partial charge in [0.15, 0.2) is 0 Å². The van der Waals surface area contributed by atoms with E-state index < -0.39 is 0 Å².